The normalized spacial score (nSPS) is 11.0. The Hall–Kier alpha value is -2.13. The molecule has 0 saturated heterocycles. The molecule has 6 nitrogen and oxygen atoms in total. The number of rotatable bonds is 9. The summed E-state index contributed by atoms with van der Waals surface area (Å²) in [5, 5.41) is 9.60. The van der Waals surface area contributed by atoms with Gasteiger partial charge in [-0.1, -0.05) is 36.4 Å². The summed E-state index contributed by atoms with van der Waals surface area (Å²) in [7, 11) is 3.97. The zero-order valence-corrected chi connectivity index (χ0v) is 20.7. The van der Waals surface area contributed by atoms with E-state index in [0.29, 0.717) is 25.2 Å². The van der Waals surface area contributed by atoms with Gasteiger partial charge in [0.2, 0.25) is 0 Å². The molecule has 0 aromatic heterocycles. The maximum atomic E-state index is 12.3. The van der Waals surface area contributed by atoms with Crippen LogP contribution in [0.5, 0.6) is 0 Å². The molecule has 2 aromatic carbocycles. The molecule has 0 heterocycles. The average Bonchev–Trinajstić information content (AvgIpc) is 2.71. The predicted molar refractivity (Wildman–Crippen MR) is 136 cm³/mol. The van der Waals surface area contributed by atoms with Crippen LogP contribution in [0.2, 0.25) is 0 Å². The highest BCUT2D eigenvalue weighted by Gasteiger charge is 2.06. The first-order chi connectivity index (χ1) is 14.0. The van der Waals surface area contributed by atoms with E-state index >= 15 is 0 Å². The van der Waals surface area contributed by atoms with Gasteiger partial charge in [-0.3, -0.25) is 4.79 Å². The van der Waals surface area contributed by atoms with Crippen molar-refractivity contribution in [1.29, 1.82) is 0 Å². The maximum absolute atomic E-state index is 12.3. The van der Waals surface area contributed by atoms with E-state index in [9.17, 15) is 4.79 Å². The van der Waals surface area contributed by atoms with Crippen molar-refractivity contribution in [2.75, 3.05) is 33.7 Å². The summed E-state index contributed by atoms with van der Waals surface area (Å²) in [6.07, 6.45) is 0. The van der Waals surface area contributed by atoms with Crippen LogP contribution in [-0.4, -0.2) is 50.5 Å². The quantitative estimate of drug-likeness (QED) is 0.269. The van der Waals surface area contributed by atoms with E-state index in [1.165, 1.54) is 11.1 Å². The number of nitrogens with one attached hydrogen (secondary N) is 3. The topological polar surface area (TPSA) is 68.8 Å². The number of hydrogen-bond acceptors (Lipinski definition) is 3. The average molecular weight is 523 g/mol. The molecule has 2 rings (SSSR count). The molecule has 0 unspecified atom stereocenters. The first-order valence-corrected chi connectivity index (χ1v) is 10.1. The molecule has 7 heteroatoms. The molecule has 0 spiro atoms. The summed E-state index contributed by atoms with van der Waals surface area (Å²) < 4.78 is 0. The second kappa shape index (κ2) is 14.0. The Kier molecular flexibility index (Phi) is 12.1. The summed E-state index contributed by atoms with van der Waals surface area (Å²) in [6.45, 7) is 7.60. The van der Waals surface area contributed by atoms with E-state index in [1.54, 1.807) is 0 Å². The van der Waals surface area contributed by atoms with Gasteiger partial charge in [0.15, 0.2) is 5.96 Å². The Morgan fingerprint density at radius 2 is 1.80 bits per heavy atom. The zero-order valence-electron chi connectivity index (χ0n) is 18.4. The SMILES string of the molecule is CCNC(=NCc1cccc(C(=O)NCCN(C)C)c1)NCc1ccccc1C.I. The highest BCUT2D eigenvalue weighted by molar-refractivity contribution is 14.0. The van der Waals surface area contributed by atoms with Crippen molar-refractivity contribution < 1.29 is 4.79 Å². The van der Waals surface area contributed by atoms with Crippen molar-refractivity contribution in [2.45, 2.75) is 26.9 Å². The second-order valence-corrected chi connectivity index (χ2v) is 7.23. The van der Waals surface area contributed by atoms with Crippen LogP contribution in [0.25, 0.3) is 0 Å². The van der Waals surface area contributed by atoms with Gasteiger partial charge >= 0.3 is 0 Å². The molecule has 3 N–H and O–H groups in total. The fraction of sp³-hybridized carbons (Fsp3) is 0.391. The van der Waals surface area contributed by atoms with Crippen LogP contribution >= 0.6 is 24.0 Å². The first kappa shape index (κ1) is 25.9. The highest BCUT2D eigenvalue weighted by Crippen LogP contribution is 2.08. The number of nitrogens with zero attached hydrogens (tertiary/aromatic N) is 2. The van der Waals surface area contributed by atoms with E-state index in [2.05, 4.69) is 40.0 Å². The Morgan fingerprint density at radius 1 is 1.03 bits per heavy atom. The number of benzene rings is 2. The number of hydrogen-bond donors (Lipinski definition) is 3. The van der Waals surface area contributed by atoms with Crippen molar-refractivity contribution in [3.8, 4) is 0 Å². The summed E-state index contributed by atoms with van der Waals surface area (Å²) in [5.41, 5.74) is 4.16. The largest absolute Gasteiger partial charge is 0.357 e. The third-order valence-electron chi connectivity index (χ3n) is 4.51. The van der Waals surface area contributed by atoms with Crippen LogP contribution < -0.4 is 16.0 Å². The molecule has 164 valence electrons. The van der Waals surface area contributed by atoms with Crippen LogP contribution in [0.15, 0.2) is 53.5 Å². The van der Waals surface area contributed by atoms with Crippen LogP contribution in [0, 0.1) is 6.92 Å². The first-order valence-electron chi connectivity index (χ1n) is 10.1. The molecule has 0 aliphatic heterocycles. The van der Waals surface area contributed by atoms with E-state index in [1.807, 2.05) is 62.3 Å². The Bertz CT molecular complexity index is 823. The summed E-state index contributed by atoms with van der Waals surface area (Å²) in [4.78, 5) is 19.0. The number of guanidine groups is 1. The third kappa shape index (κ3) is 9.13. The smallest absolute Gasteiger partial charge is 0.251 e. The van der Waals surface area contributed by atoms with Crippen molar-refractivity contribution in [3.63, 3.8) is 0 Å². The summed E-state index contributed by atoms with van der Waals surface area (Å²) >= 11 is 0. The van der Waals surface area contributed by atoms with Gasteiger partial charge in [-0.15, -0.1) is 24.0 Å². The lowest BCUT2D eigenvalue weighted by atomic mass is 10.1. The third-order valence-corrected chi connectivity index (χ3v) is 4.51. The minimum atomic E-state index is -0.0535. The van der Waals surface area contributed by atoms with Gasteiger partial charge in [-0.25, -0.2) is 4.99 Å². The van der Waals surface area contributed by atoms with Crippen molar-refractivity contribution >= 4 is 35.8 Å². The lowest BCUT2D eigenvalue weighted by Crippen LogP contribution is -2.36. The number of likely N-dealkylation sites (N-methyl/N-ethyl adjacent to an activating group) is 1. The van der Waals surface area contributed by atoms with Crippen LogP contribution in [0.1, 0.15) is 34.0 Å². The number of halogens is 1. The fourth-order valence-corrected chi connectivity index (χ4v) is 2.81. The molecule has 2 aromatic rings. The summed E-state index contributed by atoms with van der Waals surface area (Å²) in [6, 6.07) is 15.9. The van der Waals surface area contributed by atoms with Crippen LogP contribution in [-0.2, 0) is 13.1 Å². The van der Waals surface area contributed by atoms with Gasteiger partial charge in [-0.05, 0) is 56.8 Å². The van der Waals surface area contributed by atoms with E-state index < -0.39 is 0 Å². The van der Waals surface area contributed by atoms with Gasteiger partial charge in [0, 0.05) is 31.7 Å². The molecule has 1 amide bonds. The number of carbonyl (C=O) groups is 1. The second-order valence-electron chi connectivity index (χ2n) is 7.23. The predicted octanol–water partition coefficient (Wildman–Crippen LogP) is 3.16. The highest BCUT2D eigenvalue weighted by atomic mass is 127. The molecule has 0 bridgehead atoms. The fourth-order valence-electron chi connectivity index (χ4n) is 2.81. The van der Waals surface area contributed by atoms with Crippen LogP contribution in [0.4, 0.5) is 0 Å². The molecule has 0 saturated carbocycles. The van der Waals surface area contributed by atoms with E-state index in [-0.39, 0.29) is 29.9 Å². The van der Waals surface area contributed by atoms with Gasteiger partial charge in [0.05, 0.1) is 6.54 Å². The number of carbonyl (C=O) groups excluding carboxylic acids is 1. The number of aryl methyl sites for hydroxylation is 1. The molecule has 30 heavy (non-hydrogen) atoms. The van der Waals surface area contributed by atoms with Crippen molar-refractivity contribution in [3.05, 3.63) is 70.8 Å². The number of aliphatic imine (C=N–C) groups is 1. The maximum Gasteiger partial charge on any atom is 0.251 e. The molecular weight excluding hydrogens is 489 g/mol. The standard InChI is InChI=1S/C23H33N5O.HI/c1-5-24-23(27-17-21-11-7-6-9-18(21)2)26-16-19-10-8-12-20(15-19)22(29)25-13-14-28(3)4;/h6-12,15H,5,13-14,16-17H2,1-4H3,(H,25,29)(H2,24,26,27);1H. The van der Waals surface area contributed by atoms with E-state index in [4.69, 9.17) is 0 Å². The van der Waals surface area contributed by atoms with Crippen molar-refractivity contribution in [2.24, 2.45) is 4.99 Å². The molecular formula is C23H34IN5O. The van der Waals surface area contributed by atoms with Gasteiger partial charge < -0.3 is 20.9 Å². The summed E-state index contributed by atoms with van der Waals surface area (Å²) in [5.74, 6) is 0.707. The van der Waals surface area contributed by atoms with E-state index in [0.717, 1.165) is 24.6 Å². The van der Waals surface area contributed by atoms with Gasteiger partial charge in [0.25, 0.3) is 5.91 Å². The zero-order chi connectivity index (χ0) is 21.1. The monoisotopic (exact) mass is 523 g/mol. The lowest BCUT2D eigenvalue weighted by Gasteiger charge is -2.13. The Morgan fingerprint density at radius 3 is 2.50 bits per heavy atom. The van der Waals surface area contributed by atoms with Gasteiger partial charge in [-0.2, -0.15) is 0 Å². The lowest BCUT2D eigenvalue weighted by molar-refractivity contribution is 0.0951. The Balaban J connectivity index is 0.00000450. The molecule has 0 aliphatic carbocycles. The minimum Gasteiger partial charge on any atom is -0.357 e. The minimum absolute atomic E-state index is 0. The van der Waals surface area contributed by atoms with Crippen LogP contribution in [0.3, 0.4) is 0 Å². The van der Waals surface area contributed by atoms with Crippen molar-refractivity contribution in [1.82, 2.24) is 20.9 Å². The molecule has 0 fully saturated rings. The van der Waals surface area contributed by atoms with Gasteiger partial charge in [0.1, 0.15) is 0 Å². The molecule has 0 atom stereocenters. The Labute approximate surface area is 197 Å². The molecule has 0 radical (unpaired) electrons. The molecule has 0 aliphatic rings. The number of amides is 1.